The molecule has 0 radical (unpaired) electrons. The average Bonchev–Trinajstić information content (AvgIpc) is 2.76. The molecular formula is C26H34N4O3. The topological polar surface area (TPSA) is 91.4 Å². The number of amides is 3. The van der Waals surface area contributed by atoms with Crippen LogP contribution >= 0.6 is 0 Å². The molecular weight excluding hydrogens is 416 g/mol. The number of carbonyl (C=O) groups excluding carboxylic acids is 3. The number of anilines is 1. The van der Waals surface area contributed by atoms with Crippen molar-refractivity contribution >= 4 is 23.4 Å². The Hall–Kier alpha value is -3.22. The van der Waals surface area contributed by atoms with Crippen LogP contribution in [-0.2, 0) is 10.2 Å². The molecule has 2 N–H and O–H groups in total. The lowest BCUT2D eigenvalue weighted by Gasteiger charge is -2.35. The van der Waals surface area contributed by atoms with Gasteiger partial charge in [0.2, 0.25) is 5.91 Å². The highest BCUT2D eigenvalue weighted by Crippen LogP contribution is 2.29. The average molecular weight is 451 g/mol. The number of likely N-dealkylation sites (tertiary alicyclic amines) is 1. The summed E-state index contributed by atoms with van der Waals surface area (Å²) in [6.07, 6.45) is 4.12. The predicted molar refractivity (Wildman–Crippen MR) is 129 cm³/mol. The second-order valence-electron chi connectivity index (χ2n) is 10.1. The van der Waals surface area contributed by atoms with Crippen LogP contribution in [0.25, 0.3) is 0 Å². The van der Waals surface area contributed by atoms with Crippen molar-refractivity contribution in [1.29, 1.82) is 0 Å². The fourth-order valence-electron chi connectivity index (χ4n) is 4.25. The van der Waals surface area contributed by atoms with E-state index in [-0.39, 0.29) is 23.8 Å². The van der Waals surface area contributed by atoms with Crippen molar-refractivity contribution < 1.29 is 14.4 Å². The van der Waals surface area contributed by atoms with Crippen molar-refractivity contribution in [3.8, 4) is 0 Å². The second kappa shape index (κ2) is 10.1. The third-order valence-corrected chi connectivity index (χ3v) is 5.88. The van der Waals surface area contributed by atoms with Gasteiger partial charge in [0.15, 0.2) is 0 Å². The normalized spacial score (nSPS) is 18.5. The monoisotopic (exact) mass is 450 g/mol. The van der Waals surface area contributed by atoms with Gasteiger partial charge in [0, 0.05) is 25.5 Å². The van der Waals surface area contributed by atoms with E-state index in [1.807, 2.05) is 17.0 Å². The molecule has 2 atom stereocenters. The van der Waals surface area contributed by atoms with E-state index in [0.29, 0.717) is 41.7 Å². The van der Waals surface area contributed by atoms with Gasteiger partial charge in [-0.25, -0.2) is 0 Å². The van der Waals surface area contributed by atoms with Crippen LogP contribution in [0.3, 0.4) is 0 Å². The highest BCUT2D eigenvalue weighted by atomic mass is 16.2. The predicted octanol–water partition coefficient (Wildman–Crippen LogP) is 3.87. The van der Waals surface area contributed by atoms with Gasteiger partial charge in [0.25, 0.3) is 11.8 Å². The van der Waals surface area contributed by atoms with Gasteiger partial charge in [0.05, 0.1) is 23.4 Å². The fraction of sp³-hybridized carbons (Fsp3) is 0.462. The lowest BCUT2D eigenvalue weighted by molar-refractivity contribution is -0.115. The molecule has 1 aliphatic heterocycles. The lowest BCUT2D eigenvalue weighted by atomic mass is 9.85. The highest BCUT2D eigenvalue weighted by Gasteiger charge is 2.29. The number of aromatic nitrogens is 1. The molecule has 1 aromatic heterocycles. The Bertz CT molecular complexity index is 1000. The molecule has 0 unspecified atom stereocenters. The van der Waals surface area contributed by atoms with E-state index in [1.165, 1.54) is 6.20 Å². The fourth-order valence-corrected chi connectivity index (χ4v) is 4.25. The molecule has 33 heavy (non-hydrogen) atoms. The summed E-state index contributed by atoms with van der Waals surface area (Å²) in [6, 6.07) is 8.89. The van der Waals surface area contributed by atoms with Gasteiger partial charge in [-0.05, 0) is 53.5 Å². The van der Waals surface area contributed by atoms with Crippen molar-refractivity contribution in [2.45, 2.75) is 46.5 Å². The molecule has 7 nitrogen and oxygen atoms in total. The van der Waals surface area contributed by atoms with Gasteiger partial charge in [-0.3, -0.25) is 19.4 Å². The Morgan fingerprint density at radius 1 is 1.09 bits per heavy atom. The third-order valence-electron chi connectivity index (χ3n) is 5.88. The van der Waals surface area contributed by atoms with E-state index in [1.54, 1.807) is 24.4 Å². The molecule has 1 aliphatic rings. The largest absolute Gasteiger partial charge is 0.343 e. The van der Waals surface area contributed by atoms with Gasteiger partial charge in [-0.1, -0.05) is 40.7 Å². The van der Waals surface area contributed by atoms with Crippen LogP contribution in [0.2, 0.25) is 0 Å². The summed E-state index contributed by atoms with van der Waals surface area (Å²) < 4.78 is 0. The number of piperidine rings is 1. The van der Waals surface area contributed by atoms with Crippen LogP contribution in [-0.4, -0.2) is 47.2 Å². The van der Waals surface area contributed by atoms with Crippen molar-refractivity contribution in [3.05, 3.63) is 59.4 Å². The van der Waals surface area contributed by atoms with E-state index < -0.39 is 5.91 Å². The Labute approximate surface area is 196 Å². The van der Waals surface area contributed by atoms with Crippen LogP contribution in [0.4, 0.5) is 5.69 Å². The Morgan fingerprint density at radius 3 is 2.39 bits per heavy atom. The minimum atomic E-state index is -0.398. The molecule has 0 bridgehead atoms. The van der Waals surface area contributed by atoms with Crippen LogP contribution in [0.15, 0.2) is 42.7 Å². The maximum Gasteiger partial charge on any atom is 0.255 e. The smallest absolute Gasteiger partial charge is 0.255 e. The van der Waals surface area contributed by atoms with Crippen LogP contribution in [0, 0.1) is 11.8 Å². The molecule has 0 spiro atoms. The number of carbonyl (C=O) groups is 3. The van der Waals surface area contributed by atoms with E-state index in [0.717, 1.165) is 12.0 Å². The first-order valence-electron chi connectivity index (χ1n) is 11.5. The summed E-state index contributed by atoms with van der Waals surface area (Å²) >= 11 is 0. The van der Waals surface area contributed by atoms with E-state index in [4.69, 9.17) is 0 Å². The van der Waals surface area contributed by atoms with Crippen LogP contribution in [0.1, 0.15) is 67.3 Å². The Morgan fingerprint density at radius 2 is 1.79 bits per heavy atom. The summed E-state index contributed by atoms with van der Waals surface area (Å²) in [5.74, 6) is 0.0155. The van der Waals surface area contributed by atoms with Crippen molar-refractivity contribution in [2.24, 2.45) is 11.8 Å². The minimum absolute atomic E-state index is 0.0748. The molecule has 1 aromatic carbocycles. The van der Waals surface area contributed by atoms with Gasteiger partial charge in [0.1, 0.15) is 0 Å². The zero-order valence-electron chi connectivity index (χ0n) is 20.1. The van der Waals surface area contributed by atoms with Crippen molar-refractivity contribution in [1.82, 2.24) is 15.2 Å². The SMILES string of the molecule is C[C@@H]1C[C@H](C)CN(C(=O)c2cc(C(C)(C)C)ccc2NC(=O)CNC(=O)c2cccnc2)C1. The first-order valence-corrected chi connectivity index (χ1v) is 11.5. The Kier molecular flexibility index (Phi) is 7.51. The Balaban J connectivity index is 1.78. The molecule has 2 heterocycles. The maximum absolute atomic E-state index is 13.5. The van der Waals surface area contributed by atoms with Crippen LogP contribution in [0.5, 0.6) is 0 Å². The molecule has 3 rings (SSSR count). The zero-order chi connectivity index (χ0) is 24.2. The summed E-state index contributed by atoms with van der Waals surface area (Å²) in [6.45, 7) is 11.8. The molecule has 2 aromatic rings. The van der Waals surface area contributed by atoms with E-state index in [9.17, 15) is 14.4 Å². The number of pyridine rings is 1. The van der Waals surface area contributed by atoms with Gasteiger partial charge >= 0.3 is 0 Å². The number of benzene rings is 1. The van der Waals surface area contributed by atoms with Gasteiger partial charge in [-0.15, -0.1) is 0 Å². The number of rotatable bonds is 5. The highest BCUT2D eigenvalue weighted by molar-refractivity contribution is 6.05. The number of nitrogens with one attached hydrogen (secondary N) is 2. The zero-order valence-corrected chi connectivity index (χ0v) is 20.1. The van der Waals surface area contributed by atoms with Crippen molar-refractivity contribution in [3.63, 3.8) is 0 Å². The third kappa shape index (κ3) is 6.40. The molecule has 0 aliphatic carbocycles. The summed E-state index contributed by atoms with van der Waals surface area (Å²) in [5, 5.41) is 5.41. The number of nitrogens with zero attached hydrogens (tertiary/aromatic N) is 2. The van der Waals surface area contributed by atoms with E-state index >= 15 is 0 Å². The number of hydrogen-bond donors (Lipinski definition) is 2. The molecule has 3 amide bonds. The van der Waals surface area contributed by atoms with Gasteiger partial charge in [-0.2, -0.15) is 0 Å². The molecule has 1 saturated heterocycles. The summed E-state index contributed by atoms with van der Waals surface area (Å²) in [4.78, 5) is 44.1. The standard InChI is InChI=1S/C26H34N4O3/c1-17-11-18(2)16-30(15-17)25(33)21-12-20(26(3,4)5)8-9-22(21)29-23(31)14-28-24(32)19-7-6-10-27-13-19/h6-10,12-13,17-18H,11,14-16H2,1-5H3,(H,28,32)(H,29,31)/t17-,18+. The summed E-state index contributed by atoms with van der Waals surface area (Å²) in [5.41, 5.74) is 2.20. The quantitative estimate of drug-likeness (QED) is 0.724. The minimum Gasteiger partial charge on any atom is -0.343 e. The molecule has 1 fully saturated rings. The molecule has 7 heteroatoms. The maximum atomic E-state index is 13.5. The first-order chi connectivity index (χ1) is 15.5. The lowest BCUT2D eigenvalue weighted by Crippen LogP contribution is -2.43. The molecule has 176 valence electrons. The van der Waals surface area contributed by atoms with Gasteiger partial charge < -0.3 is 15.5 Å². The van der Waals surface area contributed by atoms with Crippen molar-refractivity contribution in [2.75, 3.05) is 25.0 Å². The second-order valence-corrected chi connectivity index (χ2v) is 10.1. The first kappa shape index (κ1) is 24.4. The molecule has 0 saturated carbocycles. The van der Waals surface area contributed by atoms with Crippen LogP contribution < -0.4 is 10.6 Å². The number of hydrogen-bond acceptors (Lipinski definition) is 4. The summed E-state index contributed by atoms with van der Waals surface area (Å²) in [7, 11) is 0. The van der Waals surface area contributed by atoms with E-state index in [2.05, 4.69) is 50.2 Å².